The molecule has 0 aromatic rings. The van der Waals surface area contributed by atoms with Crippen molar-refractivity contribution in [2.75, 3.05) is 6.61 Å². The second kappa shape index (κ2) is 5.34. The Bertz CT molecular complexity index is 360. The lowest BCUT2D eigenvalue weighted by atomic mass is 10.1. The van der Waals surface area contributed by atoms with Gasteiger partial charge in [-0.15, -0.1) is 0 Å². The van der Waals surface area contributed by atoms with Crippen molar-refractivity contribution < 1.29 is 28.9 Å². The molecule has 0 unspecified atom stereocenters. The van der Waals surface area contributed by atoms with Crippen LogP contribution in [-0.2, 0) is 19.0 Å². The van der Waals surface area contributed by atoms with Crippen molar-refractivity contribution in [3.05, 3.63) is 0 Å². The Morgan fingerprint density at radius 3 is 2.42 bits per heavy atom. The van der Waals surface area contributed by atoms with E-state index in [1.54, 1.807) is 34.6 Å². The van der Waals surface area contributed by atoms with Gasteiger partial charge < -0.3 is 24.6 Å². The molecule has 19 heavy (non-hydrogen) atoms. The van der Waals surface area contributed by atoms with Gasteiger partial charge in [0.25, 0.3) is 0 Å². The van der Waals surface area contributed by atoms with Gasteiger partial charge in [-0.05, 0) is 34.6 Å². The van der Waals surface area contributed by atoms with Gasteiger partial charge in [0.1, 0.15) is 5.60 Å². The largest absolute Gasteiger partial charge is 0.479 e. The van der Waals surface area contributed by atoms with E-state index in [1.165, 1.54) is 0 Å². The summed E-state index contributed by atoms with van der Waals surface area (Å²) in [5.74, 6) is -2.15. The van der Waals surface area contributed by atoms with Crippen LogP contribution in [0.25, 0.3) is 0 Å². The molecule has 0 aromatic carbocycles. The summed E-state index contributed by atoms with van der Waals surface area (Å²) in [6.45, 7) is 8.44. The normalized spacial score (nSPS) is 26.6. The minimum atomic E-state index is -1.17. The molecule has 1 amide bonds. The summed E-state index contributed by atoms with van der Waals surface area (Å²) < 4.78 is 15.7. The molecule has 2 N–H and O–H groups in total. The molecule has 7 heteroatoms. The lowest BCUT2D eigenvalue weighted by molar-refractivity contribution is -0.280. The predicted octanol–water partition coefficient (Wildman–Crippen LogP) is 1.12. The summed E-state index contributed by atoms with van der Waals surface area (Å²) in [4.78, 5) is 22.8. The van der Waals surface area contributed by atoms with Crippen molar-refractivity contribution in [2.24, 2.45) is 0 Å². The van der Waals surface area contributed by atoms with Gasteiger partial charge in [0.15, 0.2) is 11.9 Å². The molecule has 0 radical (unpaired) electrons. The van der Waals surface area contributed by atoms with Crippen molar-refractivity contribution in [1.29, 1.82) is 0 Å². The molecular formula is C12H21NO6. The van der Waals surface area contributed by atoms with E-state index in [-0.39, 0.29) is 6.61 Å². The first-order chi connectivity index (χ1) is 8.50. The van der Waals surface area contributed by atoms with Crippen molar-refractivity contribution in [2.45, 2.75) is 58.2 Å². The number of amides is 1. The highest BCUT2D eigenvalue weighted by atomic mass is 16.7. The minimum Gasteiger partial charge on any atom is -0.479 e. The van der Waals surface area contributed by atoms with Gasteiger partial charge in [-0.25, -0.2) is 9.59 Å². The molecule has 7 nitrogen and oxygen atoms in total. The number of carboxylic acids is 1. The van der Waals surface area contributed by atoms with Crippen LogP contribution in [0.4, 0.5) is 4.79 Å². The van der Waals surface area contributed by atoms with Crippen LogP contribution < -0.4 is 5.32 Å². The molecule has 110 valence electrons. The van der Waals surface area contributed by atoms with Crippen LogP contribution in [0.5, 0.6) is 0 Å². The summed E-state index contributed by atoms with van der Waals surface area (Å²) in [6, 6.07) is -0.791. The van der Waals surface area contributed by atoms with Crippen molar-refractivity contribution >= 4 is 12.1 Å². The summed E-state index contributed by atoms with van der Waals surface area (Å²) in [6.07, 6.45) is -1.87. The smallest absolute Gasteiger partial charge is 0.408 e. The van der Waals surface area contributed by atoms with E-state index in [0.717, 1.165) is 0 Å². The first-order valence-corrected chi connectivity index (χ1v) is 6.04. The second-order valence-corrected chi connectivity index (χ2v) is 5.84. The number of aliphatic carboxylic acids is 1. The van der Waals surface area contributed by atoms with E-state index < -0.39 is 35.6 Å². The molecule has 1 aliphatic heterocycles. The predicted molar refractivity (Wildman–Crippen MR) is 65.7 cm³/mol. The topological polar surface area (TPSA) is 94.1 Å². The molecular weight excluding hydrogens is 254 g/mol. The highest BCUT2D eigenvalue weighted by Crippen LogP contribution is 2.23. The highest BCUT2D eigenvalue weighted by molar-refractivity contribution is 5.75. The van der Waals surface area contributed by atoms with Crippen LogP contribution in [0.1, 0.15) is 34.6 Å². The van der Waals surface area contributed by atoms with Crippen molar-refractivity contribution in [1.82, 2.24) is 5.32 Å². The van der Waals surface area contributed by atoms with Crippen LogP contribution in [0.3, 0.4) is 0 Å². The van der Waals surface area contributed by atoms with Gasteiger partial charge in [-0.1, -0.05) is 0 Å². The summed E-state index contributed by atoms with van der Waals surface area (Å²) in [5, 5.41) is 11.6. The number of carboxylic acid groups (broad SMARTS) is 1. The number of alkyl carbamates (subject to hydrolysis) is 1. The third-order valence-electron chi connectivity index (χ3n) is 2.33. The third kappa shape index (κ3) is 5.04. The Kier molecular flexibility index (Phi) is 4.42. The fourth-order valence-electron chi connectivity index (χ4n) is 1.60. The lowest BCUT2D eigenvalue weighted by Crippen LogP contribution is -2.59. The Labute approximate surface area is 112 Å². The number of carbonyl (C=O) groups excluding carboxylic acids is 1. The Balaban J connectivity index is 2.66. The molecule has 1 rings (SSSR count). The molecule has 0 saturated carbocycles. The molecule has 2 atom stereocenters. The van der Waals surface area contributed by atoms with Gasteiger partial charge in [0.05, 0.1) is 12.6 Å². The molecule has 0 aromatic heterocycles. The fourth-order valence-corrected chi connectivity index (χ4v) is 1.60. The van der Waals surface area contributed by atoms with E-state index in [0.29, 0.717) is 0 Å². The SMILES string of the molecule is CC(C)(C)OC(=O)N[C@@H]1COC(C)(C)O[C@@H]1C(=O)O. The summed E-state index contributed by atoms with van der Waals surface area (Å²) in [5.41, 5.74) is -0.654. The molecule has 0 bridgehead atoms. The van der Waals surface area contributed by atoms with Crippen molar-refractivity contribution in [3.63, 3.8) is 0 Å². The first-order valence-electron chi connectivity index (χ1n) is 6.04. The third-order valence-corrected chi connectivity index (χ3v) is 2.33. The van der Waals surface area contributed by atoms with Gasteiger partial charge in [-0.3, -0.25) is 0 Å². The van der Waals surface area contributed by atoms with Crippen LogP contribution >= 0.6 is 0 Å². The number of ether oxygens (including phenoxy) is 3. The van der Waals surface area contributed by atoms with Crippen LogP contribution in [0.15, 0.2) is 0 Å². The van der Waals surface area contributed by atoms with E-state index in [9.17, 15) is 9.59 Å². The van der Waals surface area contributed by atoms with Gasteiger partial charge >= 0.3 is 12.1 Å². The molecule has 1 aliphatic rings. The van der Waals surface area contributed by atoms with E-state index in [1.807, 2.05) is 0 Å². The quantitative estimate of drug-likeness (QED) is 0.784. The number of nitrogens with one attached hydrogen (secondary N) is 1. The number of carbonyl (C=O) groups is 2. The van der Waals surface area contributed by atoms with Gasteiger partial charge in [0.2, 0.25) is 0 Å². The van der Waals surface area contributed by atoms with E-state index in [2.05, 4.69) is 5.32 Å². The lowest BCUT2D eigenvalue weighted by Gasteiger charge is -2.39. The first kappa shape index (κ1) is 15.7. The van der Waals surface area contributed by atoms with Gasteiger partial charge in [0, 0.05) is 0 Å². The molecule has 0 spiro atoms. The Morgan fingerprint density at radius 2 is 1.95 bits per heavy atom. The summed E-state index contributed by atoms with van der Waals surface area (Å²) in [7, 11) is 0. The Hall–Kier alpha value is -1.34. The van der Waals surface area contributed by atoms with Gasteiger partial charge in [-0.2, -0.15) is 0 Å². The molecule has 1 fully saturated rings. The Morgan fingerprint density at radius 1 is 1.37 bits per heavy atom. The molecule has 1 saturated heterocycles. The second-order valence-electron chi connectivity index (χ2n) is 5.84. The number of hydrogen-bond acceptors (Lipinski definition) is 5. The zero-order valence-corrected chi connectivity index (χ0v) is 11.9. The average Bonchev–Trinajstić information content (AvgIpc) is 2.17. The van der Waals surface area contributed by atoms with E-state index >= 15 is 0 Å². The van der Waals surface area contributed by atoms with E-state index in [4.69, 9.17) is 19.3 Å². The number of rotatable bonds is 2. The maximum atomic E-state index is 11.6. The maximum Gasteiger partial charge on any atom is 0.408 e. The van der Waals surface area contributed by atoms with Crippen LogP contribution in [0.2, 0.25) is 0 Å². The molecule has 0 aliphatic carbocycles. The zero-order valence-electron chi connectivity index (χ0n) is 11.9. The number of hydrogen-bond donors (Lipinski definition) is 2. The maximum absolute atomic E-state index is 11.6. The monoisotopic (exact) mass is 275 g/mol. The minimum absolute atomic E-state index is 0.0449. The van der Waals surface area contributed by atoms with Crippen LogP contribution in [0, 0.1) is 0 Å². The van der Waals surface area contributed by atoms with Crippen molar-refractivity contribution in [3.8, 4) is 0 Å². The highest BCUT2D eigenvalue weighted by Gasteiger charge is 2.42. The average molecular weight is 275 g/mol. The molecule has 1 heterocycles. The summed E-state index contributed by atoms with van der Waals surface area (Å²) >= 11 is 0. The zero-order chi connectivity index (χ0) is 14.8. The fraction of sp³-hybridized carbons (Fsp3) is 0.833. The standard InChI is InChI=1S/C12H21NO6/c1-11(2,3)19-10(16)13-7-6-17-12(4,5)18-8(7)9(14)15/h7-8H,6H2,1-5H3,(H,13,16)(H,14,15)/t7-,8+/m1/s1. The van der Waals surface area contributed by atoms with Crippen LogP contribution in [-0.4, -0.2) is 47.3 Å².